The van der Waals surface area contributed by atoms with E-state index in [0.717, 1.165) is 94.2 Å². The van der Waals surface area contributed by atoms with E-state index in [1.807, 2.05) is 66.0 Å². The van der Waals surface area contributed by atoms with Gasteiger partial charge in [0.1, 0.15) is 21.0 Å². The summed E-state index contributed by atoms with van der Waals surface area (Å²) in [7, 11) is 0. The fourth-order valence-electron chi connectivity index (χ4n) is 9.35. The number of benzene rings is 5. The minimum atomic E-state index is -4.93. The van der Waals surface area contributed by atoms with Crippen LogP contribution in [-0.4, -0.2) is 111 Å². The summed E-state index contributed by atoms with van der Waals surface area (Å²) >= 11 is 4.74. The van der Waals surface area contributed by atoms with E-state index < -0.39 is 34.8 Å². The number of carboxylic acid groups (broad SMARTS) is 1. The Morgan fingerprint density at radius 2 is 1.02 bits per heavy atom. The Labute approximate surface area is 517 Å². The summed E-state index contributed by atoms with van der Waals surface area (Å²) in [5.41, 5.74) is 12.6. The van der Waals surface area contributed by atoms with Gasteiger partial charge in [0.05, 0.1) is 26.7 Å². The standard InChI is InChI=1S/C28H23F3N2O3S2.C15H18N2OS.C13H7F3O3S.C6H5N3O.CH4/c29-28(30,31)24(34)23-10-9-22(38-23)19-7-4-8-20(15-19)25(35)32-17-27(11-13-36-14-12-27)26-33-21(16-37-26)18-5-2-1-3-6-18;16-11-15(6-8-18-9-7-15)14-17-13(10-19-14)12-4-2-1-3-5-12;14-13(15,16)11(17)10-5-4-9(20-10)7-2-1-3-8(6-7)12(18)19;10-9-6-4-2-1-3-5(6)7-8-9;/h1-10,15-16H,11-14,17H2,(H,32,35);1-5,10H,6-9,11,16H2;1-6H,(H,18,19);1-4,10H;1H4. The monoisotopic (exact) mass is 1280 g/mol. The van der Waals surface area contributed by atoms with Crippen LogP contribution in [0.2, 0.25) is 0 Å². The first-order valence-electron chi connectivity index (χ1n) is 26.8. The molecule has 2 aliphatic rings. The molecule has 10 aromatic rings. The number of ketones is 2. The van der Waals surface area contributed by atoms with E-state index in [4.69, 9.17) is 35.5 Å². The number of aromatic carboxylic acids is 1. The molecular formula is C63H57F6N7O8S4. The Bertz CT molecular complexity index is 3970. The summed E-state index contributed by atoms with van der Waals surface area (Å²) in [4.78, 5) is 57.2. The first-order chi connectivity index (χ1) is 41.8. The number of nitrogens with two attached hydrogens (primary N) is 1. The van der Waals surface area contributed by atoms with Crippen LogP contribution in [0.25, 0.3) is 54.4 Å². The van der Waals surface area contributed by atoms with Gasteiger partial charge in [0.2, 0.25) is 0 Å². The average Bonchev–Trinajstić information content (AvgIpc) is 2.27. The topological polar surface area (TPSA) is 222 Å². The maximum Gasteiger partial charge on any atom is 0.455 e. The van der Waals surface area contributed by atoms with Crippen LogP contribution in [0.15, 0.2) is 168 Å². The van der Waals surface area contributed by atoms with E-state index in [-0.39, 0.29) is 34.6 Å². The summed E-state index contributed by atoms with van der Waals surface area (Å²) in [6.07, 6.45) is -6.44. The van der Waals surface area contributed by atoms with Crippen LogP contribution in [-0.2, 0) is 20.3 Å². The predicted molar refractivity (Wildman–Crippen MR) is 329 cm³/mol. The second kappa shape index (κ2) is 29.1. The fraction of sp³-hybridized carbons (Fsp3) is 0.238. The van der Waals surface area contributed by atoms with Gasteiger partial charge in [-0.2, -0.15) is 26.3 Å². The van der Waals surface area contributed by atoms with Crippen molar-refractivity contribution in [3.8, 4) is 43.4 Å². The van der Waals surface area contributed by atoms with Crippen molar-refractivity contribution in [1.82, 2.24) is 30.4 Å². The molecule has 0 radical (unpaired) electrons. The van der Waals surface area contributed by atoms with Crippen LogP contribution in [0.4, 0.5) is 26.3 Å². The fourth-order valence-corrected chi connectivity index (χ4v) is 13.5. The van der Waals surface area contributed by atoms with E-state index in [1.165, 1.54) is 35.9 Å². The molecule has 5 aromatic heterocycles. The van der Waals surface area contributed by atoms with Crippen LogP contribution >= 0.6 is 45.3 Å². The SMILES string of the molecule is C.NCC1(c2nc(-c3ccccc3)cs2)CCOCC1.O=C(NCC1(c2nc(-c3ccccc3)cs2)CCOCC1)c1cccc(-c2ccc(C(=O)C(F)(F)F)s2)c1.O=C(O)c1cccc(-c2ccc(C(=O)C(F)(F)F)s2)c1.On1nnc2ccccc21. The molecule has 5 N–H and O–H groups in total. The summed E-state index contributed by atoms with van der Waals surface area (Å²) in [6.45, 7) is 3.75. The lowest BCUT2D eigenvalue weighted by Crippen LogP contribution is -2.44. The minimum Gasteiger partial charge on any atom is -0.478 e. The molecule has 88 heavy (non-hydrogen) atoms. The minimum absolute atomic E-state index is 0. The molecule has 7 heterocycles. The zero-order valence-electron chi connectivity index (χ0n) is 45.8. The van der Waals surface area contributed by atoms with Gasteiger partial charge in [-0.25, -0.2) is 14.8 Å². The second-order valence-corrected chi connectivity index (χ2v) is 23.8. The Hall–Kier alpha value is -8.30. The van der Waals surface area contributed by atoms with Crippen LogP contribution in [0.1, 0.15) is 83.2 Å². The number of Topliss-reactive ketones (excluding diaryl/α,β-unsaturated/α-hetero) is 2. The Balaban J connectivity index is 0.000000168. The molecule has 0 saturated carbocycles. The van der Waals surface area contributed by atoms with E-state index >= 15 is 0 Å². The van der Waals surface area contributed by atoms with Crippen LogP contribution < -0.4 is 11.1 Å². The third-order valence-corrected chi connectivity index (χ3v) is 18.7. The number of carbonyl (C=O) groups excluding carboxylic acids is 3. The maximum absolute atomic E-state index is 13.2. The molecule has 458 valence electrons. The molecule has 25 heteroatoms. The average molecular weight is 1280 g/mol. The normalized spacial score (nSPS) is 14.3. The van der Waals surface area contributed by atoms with Crippen molar-refractivity contribution in [2.24, 2.45) is 5.73 Å². The number of hydrogen-bond donors (Lipinski definition) is 4. The van der Waals surface area contributed by atoms with Gasteiger partial charge < -0.3 is 30.8 Å². The van der Waals surface area contributed by atoms with Crippen molar-refractivity contribution >= 4 is 79.8 Å². The van der Waals surface area contributed by atoms with Crippen LogP contribution in [0.5, 0.6) is 0 Å². The zero-order chi connectivity index (χ0) is 61.8. The molecule has 2 saturated heterocycles. The summed E-state index contributed by atoms with van der Waals surface area (Å²) in [5, 5.41) is 34.2. The van der Waals surface area contributed by atoms with Gasteiger partial charge in [0, 0.05) is 87.6 Å². The number of carboxylic acids is 1. The third-order valence-electron chi connectivity index (χ3n) is 14.2. The molecular weight excluding hydrogens is 1220 g/mol. The lowest BCUT2D eigenvalue weighted by atomic mass is 9.80. The zero-order valence-corrected chi connectivity index (χ0v) is 49.1. The van der Waals surface area contributed by atoms with Gasteiger partial charge in [-0.15, -0.1) is 50.4 Å². The Kier molecular flexibility index (Phi) is 21.7. The molecule has 5 aromatic carbocycles. The van der Waals surface area contributed by atoms with Crippen molar-refractivity contribution in [2.45, 2.75) is 56.3 Å². The van der Waals surface area contributed by atoms with E-state index in [2.05, 4.69) is 33.1 Å². The summed E-state index contributed by atoms with van der Waals surface area (Å²) in [6, 6.07) is 44.9. The summed E-state index contributed by atoms with van der Waals surface area (Å²) in [5.74, 6) is -5.19. The van der Waals surface area contributed by atoms with Crippen molar-refractivity contribution in [1.29, 1.82) is 0 Å². The van der Waals surface area contributed by atoms with Gasteiger partial charge in [0.25, 0.3) is 17.5 Å². The molecule has 0 atom stereocenters. The molecule has 0 spiro atoms. The molecule has 1 amide bonds. The number of halogens is 6. The van der Waals surface area contributed by atoms with E-state index in [0.29, 0.717) is 75.1 Å². The van der Waals surface area contributed by atoms with Gasteiger partial charge in [-0.1, -0.05) is 109 Å². The number of fused-ring (bicyclic) bond motifs is 1. The molecule has 2 fully saturated rings. The third kappa shape index (κ3) is 16.1. The highest BCUT2D eigenvalue weighted by molar-refractivity contribution is 7.17. The maximum atomic E-state index is 13.2. The molecule has 15 nitrogen and oxygen atoms in total. The largest absolute Gasteiger partial charge is 0.478 e. The first kappa shape index (κ1) is 65.7. The summed E-state index contributed by atoms with van der Waals surface area (Å²) < 4.78 is 86.3. The number of nitrogens with one attached hydrogen (secondary N) is 1. The number of thiophene rings is 2. The number of ether oxygens (including phenoxy) is 2. The molecule has 12 rings (SSSR count). The van der Waals surface area contributed by atoms with Gasteiger partial charge in [0.15, 0.2) is 0 Å². The molecule has 0 bridgehead atoms. The lowest BCUT2D eigenvalue weighted by molar-refractivity contribution is -0.0885. The number of hydrogen-bond acceptors (Lipinski definition) is 16. The van der Waals surface area contributed by atoms with Crippen molar-refractivity contribution in [3.05, 3.63) is 199 Å². The molecule has 0 unspecified atom stereocenters. The number of alkyl halides is 6. The lowest BCUT2D eigenvalue weighted by Gasteiger charge is -2.35. The number of carbonyl (C=O) groups is 4. The number of thiazole rings is 2. The number of nitrogens with zero attached hydrogens (tertiary/aromatic N) is 5. The predicted octanol–water partition coefficient (Wildman–Crippen LogP) is 14.7. The molecule has 2 aliphatic heterocycles. The van der Waals surface area contributed by atoms with Crippen LogP contribution in [0.3, 0.4) is 0 Å². The smallest absolute Gasteiger partial charge is 0.455 e. The van der Waals surface area contributed by atoms with Crippen molar-refractivity contribution < 1.29 is 65.3 Å². The Morgan fingerprint density at radius 1 is 0.580 bits per heavy atom. The van der Waals surface area contributed by atoms with Crippen molar-refractivity contribution in [2.75, 3.05) is 39.5 Å². The first-order valence-corrected chi connectivity index (χ1v) is 30.2. The quantitative estimate of drug-likeness (QED) is 0.0480. The van der Waals surface area contributed by atoms with Crippen molar-refractivity contribution in [3.63, 3.8) is 0 Å². The Morgan fingerprint density at radius 3 is 1.50 bits per heavy atom. The van der Waals surface area contributed by atoms with Gasteiger partial charge in [-0.05, 0) is 103 Å². The number of para-hydroxylation sites is 1. The number of rotatable bonds is 13. The highest BCUT2D eigenvalue weighted by Crippen LogP contribution is 2.40. The number of aromatic nitrogens is 5. The van der Waals surface area contributed by atoms with Crippen LogP contribution in [0, 0.1) is 0 Å². The molecule has 0 aliphatic carbocycles. The van der Waals surface area contributed by atoms with E-state index in [1.54, 1.807) is 65.1 Å². The number of amides is 1. The van der Waals surface area contributed by atoms with E-state index in [9.17, 15) is 45.5 Å². The van der Waals surface area contributed by atoms with Gasteiger partial charge >= 0.3 is 18.3 Å². The second-order valence-electron chi connectivity index (χ2n) is 19.9. The highest BCUT2D eigenvalue weighted by atomic mass is 32.1. The highest BCUT2D eigenvalue weighted by Gasteiger charge is 2.42. The van der Waals surface area contributed by atoms with Gasteiger partial charge in [-0.3, -0.25) is 14.4 Å².